The van der Waals surface area contributed by atoms with Gasteiger partial charge in [0, 0.05) is 13.0 Å². The van der Waals surface area contributed by atoms with Crippen molar-refractivity contribution >= 4 is 0 Å². The van der Waals surface area contributed by atoms with Crippen LogP contribution in [0, 0.1) is 11.8 Å². The standard InChI is InChI=1S/C10H18O3/c1-6(2)7-4-12-10-8(11-3)5-13-9(7)10/h6-10H,4-5H2,1-3H3/t7-,8-,9-,10-/m0/s1. The molecule has 0 aliphatic carbocycles. The van der Waals surface area contributed by atoms with E-state index in [9.17, 15) is 0 Å². The zero-order valence-corrected chi connectivity index (χ0v) is 8.53. The van der Waals surface area contributed by atoms with Crippen LogP contribution in [0.5, 0.6) is 0 Å². The van der Waals surface area contributed by atoms with Crippen LogP contribution in [0.25, 0.3) is 0 Å². The molecule has 2 rings (SSSR count). The van der Waals surface area contributed by atoms with E-state index >= 15 is 0 Å². The minimum absolute atomic E-state index is 0.147. The summed E-state index contributed by atoms with van der Waals surface area (Å²) in [4.78, 5) is 0. The molecule has 4 atom stereocenters. The molecule has 0 amide bonds. The van der Waals surface area contributed by atoms with Crippen molar-refractivity contribution in [3.63, 3.8) is 0 Å². The predicted octanol–water partition coefficient (Wildman–Crippen LogP) is 1.07. The molecule has 2 aliphatic heterocycles. The number of hydrogen-bond donors (Lipinski definition) is 0. The molecule has 2 aliphatic rings. The van der Waals surface area contributed by atoms with Gasteiger partial charge < -0.3 is 14.2 Å². The summed E-state index contributed by atoms with van der Waals surface area (Å²) in [5, 5.41) is 0. The summed E-state index contributed by atoms with van der Waals surface area (Å²) in [6.45, 7) is 5.96. The zero-order chi connectivity index (χ0) is 9.42. The van der Waals surface area contributed by atoms with Gasteiger partial charge >= 0.3 is 0 Å². The SMILES string of the molecule is CO[C@H]1CO[C@@H]2[C@H]1OC[C@H]2C(C)C. The first kappa shape index (κ1) is 9.44. The lowest BCUT2D eigenvalue weighted by molar-refractivity contribution is -0.0104. The van der Waals surface area contributed by atoms with Gasteiger partial charge in [0.05, 0.1) is 19.3 Å². The minimum Gasteiger partial charge on any atom is -0.376 e. The highest BCUT2D eigenvalue weighted by atomic mass is 16.6. The van der Waals surface area contributed by atoms with Crippen molar-refractivity contribution < 1.29 is 14.2 Å². The molecule has 2 heterocycles. The second-order valence-corrected chi connectivity index (χ2v) is 4.28. The van der Waals surface area contributed by atoms with Crippen molar-refractivity contribution in [3.8, 4) is 0 Å². The Balaban J connectivity index is 2.03. The summed E-state index contributed by atoms with van der Waals surface area (Å²) in [5.74, 6) is 1.18. The third kappa shape index (κ3) is 1.49. The Morgan fingerprint density at radius 2 is 1.85 bits per heavy atom. The van der Waals surface area contributed by atoms with Gasteiger partial charge in [-0.3, -0.25) is 0 Å². The maximum Gasteiger partial charge on any atom is 0.112 e. The molecule has 0 saturated carbocycles. The van der Waals surface area contributed by atoms with Gasteiger partial charge in [0.15, 0.2) is 0 Å². The Morgan fingerprint density at radius 3 is 2.46 bits per heavy atom. The van der Waals surface area contributed by atoms with Gasteiger partial charge in [-0.05, 0) is 5.92 Å². The number of hydrogen-bond acceptors (Lipinski definition) is 3. The zero-order valence-electron chi connectivity index (χ0n) is 8.53. The highest BCUT2D eigenvalue weighted by molar-refractivity contribution is 4.95. The van der Waals surface area contributed by atoms with Crippen LogP contribution in [0.4, 0.5) is 0 Å². The fraction of sp³-hybridized carbons (Fsp3) is 1.00. The topological polar surface area (TPSA) is 27.7 Å². The van der Waals surface area contributed by atoms with E-state index < -0.39 is 0 Å². The Bertz CT molecular complexity index is 181. The van der Waals surface area contributed by atoms with E-state index in [1.165, 1.54) is 0 Å². The summed E-state index contributed by atoms with van der Waals surface area (Å²) in [5.41, 5.74) is 0. The van der Waals surface area contributed by atoms with Crippen molar-refractivity contribution in [2.75, 3.05) is 20.3 Å². The average Bonchev–Trinajstić information content (AvgIpc) is 2.61. The minimum atomic E-state index is 0.147. The molecule has 0 radical (unpaired) electrons. The lowest BCUT2D eigenvalue weighted by Gasteiger charge is -2.18. The van der Waals surface area contributed by atoms with Crippen molar-refractivity contribution in [2.45, 2.75) is 32.2 Å². The Kier molecular flexibility index (Phi) is 2.58. The first-order chi connectivity index (χ1) is 6.24. The number of rotatable bonds is 2. The van der Waals surface area contributed by atoms with Crippen molar-refractivity contribution in [1.29, 1.82) is 0 Å². The molecular weight excluding hydrogens is 168 g/mol. The summed E-state index contributed by atoms with van der Waals surface area (Å²) >= 11 is 0. The monoisotopic (exact) mass is 186 g/mol. The molecule has 0 unspecified atom stereocenters. The average molecular weight is 186 g/mol. The molecular formula is C10H18O3. The van der Waals surface area contributed by atoms with Crippen molar-refractivity contribution in [2.24, 2.45) is 11.8 Å². The van der Waals surface area contributed by atoms with E-state index in [1.807, 2.05) is 0 Å². The normalized spacial score (nSPS) is 44.3. The predicted molar refractivity (Wildman–Crippen MR) is 48.6 cm³/mol. The molecule has 13 heavy (non-hydrogen) atoms. The Labute approximate surface area is 79.4 Å². The van der Waals surface area contributed by atoms with E-state index in [0.29, 0.717) is 18.4 Å². The van der Waals surface area contributed by atoms with Crippen LogP contribution in [0.3, 0.4) is 0 Å². The molecule has 0 aromatic heterocycles. The molecule has 0 aromatic rings. The third-order valence-electron chi connectivity index (χ3n) is 3.21. The van der Waals surface area contributed by atoms with E-state index in [4.69, 9.17) is 14.2 Å². The van der Waals surface area contributed by atoms with Crippen molar-refractivity contribution in [3.05, 3.63) is 0 Å². The van der Waals surface area contributed by atoms with Gasteiger partial charge in [-0.25, -0.2) is 0 Å². The van der Waals surface area contributed by atoms with Gasteiger partial charge in [0.25, 0.3) is 0 Å². The quantitative estimate of drug-likeness (QED) is 0.645. The largest absolute Gasteiger partial charge is 0.376 e. The molecule has 2 fully saturated rings. The molecule has 0 bridgehead atoms. The van der Waals surface area contributed by atoms with Crippen LogP contribution in [0.15, 0.2) is 0 Å². The lowest BCUT2D eigenvalue weighted by Crippen LogP contribution is -2.31. The van der Waals surface area contributed by atoms with Crippen LogP contribution in [0.1, 0.15) is 13.8 Å². The molecule has 3 nitrogen and oxygen atoms in total. The van der Waals surface area contributed by atoms with Crippen LogP contribution < -0.4 is 0 Å². The van der Waals surface area contributed by atoms with E-state index in [2.05, 4.69) is 13.8 Å². The number of methoxy groups -OCH3 is 1. The number of ether oxygens (including phenoxy) is 3. The first-order valence-corrected chi connectivity index (χ1v) is 5.00. The van der Waals surface area contributed by atoms with Gasteiger partial charge in [-0.15, -0.1) is 0 Å². The van der Waals surface area contributed by atoms with Crippen LogP contribution in [-0.4, -0.2) is 38.6 Å². The Hall–Kier alpha value is -0.120. The summed E-state index contributed by atoms with van der Waals surface area (Å²) < 4.78 is 16.7. The van der Waals surface area contributed by atoms with Gasteiger partial charge in [0.2, 0.25) is 0 Å². The van der Waals surface area contributed by atoms with E-state index in [-0.39, 0.29) is 18.3 Å². The van der Waals surface area contributed by atoms with Crippen molar-refractivity contribution in [1.82, 2.24) is 0 Å². The van der Waals surface area contributed by atoms with Crippen LogP contribution in [0.2, 0.25) is 0 Å². The number of fused-ring (bicyclic) bond motifs is 1. The summed E-state index contributed by atoms with van der Waals surface area (Å²) in [6.07, 6.45) is 0.594. The highest BCUT2D eigenvalue weighted by Crippen LogP contribution is 2.35. The molecule has 2 saturated heterocycles. The molecule has 0 spiro atoms. The van der Waals surface area contributed by atoms with E-state index in [0.717, 1.165) is 6.61 Å². The van der Waals surface area contributed by atoms with Gasteiger partial charge in [-0.2, -0.15) is 0 Å². The maximum absolute atomic E-state index is 5.70. The maximum atomic E-state index is 5.70. The first-order valence-electron chi connectivity index (χ1n) is 5.00. The molecule has 3 heteroatoms. The lowest BCUT2D eigenvalue weighted by atomic mass is 9.90. The summed E-state index contributed by atoms with van der Waals surface area (Å²) in [6, 6.07) is 0. The fourth-order valence-corrected chi connectivity index (χ4v) is 2.27. The Morgan fingerprint density at radius 1 is 1.15 bits per heavy atom. The van der Waals surface area contributed by atoms with Crippen LogP contribution >= 0.6 is 0 Å². The third-order valence-corrected chi connectivity index (χ3v) is 3.21. The van der Waals surface area contributed by atoms with Gasteiger partial charge in [-0.1, -0.05) is 13.8 Å². The summed E-state index contributed by atoms with van der Waals surface area (Å²) in [7, 11) is 1.72. The highest BCUT2D eigenvalue weighted by Gasteiger charge is 2.48. The second kappa shape index (κ2) is 3.56. The molecule has 0 aromatic carbocycles. The molecule has 0 N–H and O–H groups in total. The smallest absolute Gasteiger partial charge is 0.112 e. The van der Waals surface area contributed by atoms with Crippen LogP contribution in [-0.2, 0) is 14.2 Å². The van der Waals surface area contributed by atoms with E-state index in [1.54, 1.807) is 7.11 Å². The molecule has 76 valence electrons. The fourth-order valence-electron chi connectivity index (χ4n) is 2.27. The van der Waals surface area contributed by atoms with Gasteiger partial charge in [0.1, 0.15) is 12.2 Å². The second-order valence-electron chi connectivity index (χ2n) is 4.28.